The SMILES string of the molecule is N#CC1c2cc(F)c(F)c(F)c2C(=O)N1CCCNC=O. The van der Waals surface area contributed by atoms with E-state index in [1.807, 2.05) is 0 Å². The summed E-state index contributed by atoms with van der Waals surface area (Å²) in [5.74, 6) is -5.62. The number of nitriles is 1. The van der Waals surface area contributed by atoms with Crippen LogP contribution in [0, 0.1) is 28.8 Å². The van der Waals surface area contributed by atoms with Gasteiger partial charge in [0.15, 0.2) is 17.5 Å². The molecule has 0 saturated heterocycles. The lowest BCUT2D eigenvalue weighted by molar-refractivity contribution is -0.109. The summed E-state index contributed by atoms with van der Waals surface area (Å²) in [4.78, 5) is 23.2. The molecule has 8 heteroatoms. The number of carbonyl (C=O) groups excluding carboxylic acids is 2. The Kier molecular flexibility index (Phi) is 4.12. The fraction of sp³-hybridized carbons (Fsp3) is 0.308. The molecule has 0 spiro atoms. The molecule has 1 atom stereocenters. The highest BCUT2D eigenvalue weighted by Gasteiger charge is 2.40. The molecule has 1 aliphatic heterocycles. The normalized spacial score (nSPS) is 16.6. The number of halogens is 3. The van der Waals surface area contributed by atoms with Crippen LogP contribution in [0.4, 0.5) is 13.2 Å². The topological polar surface area (TPSA) is 73.2 Å². The Bertz CT molecular complexity index is 643. The quantitative estimate of drug-likeness (QED) is 0.505. The molecule has 0 saturated carbocycles. The first-order chi connectivity index (χ1) is 10.0. The number of benzene rings is 1. The lowest BCUT2D eigenvalue weighted by Crippen LogP contribution is -2.30. The van der Waals surface area contributed by atoms with Gasteiger partial charge in [0.1, 0.15) is 6.04 Å². The molecular weight excluding hydrogens is 287 g/mol. The van der Waals surface area contributed by atoms with Crippen LogP contribution < -0.4 is 5.32 Å². The van der Waals surface area contributed by atoms with E-state index in [2.05, 4.69) is 5.32 Å². The molecule has 0 aliphatic carbocycles. The van der Waals surface area contributed by atoms with Crippen molar-refractivity contribution in [2.24, 2.45) is 0 Å². The Morgan fingerprint density at radius 3 is 2.71 bits per heavy atom. The summed E-state index contributed by atoms with van der Waals surface area (Å²) in [6, 6.07) is 1.27. The molecule has 1 N–H and O–H groups in total. The molecule has 1 aromatic carbocycles. The van der Waals surface area contributed by atoms with Crippen LogP contribution in [-0.4, -0.2) is 30.3 Å². The minimum atomic E-state index is -1.73. The number of nitrogens with one attached hydrogen (secondary N) is 1. The number of hydrogen-bond donors (Lipinski definition) is 1. The maximum absolute atomic E-state index is 13.7. The van der Waals surface area contributed by atoms with Crippen LogP contribution >= 0.6 is 0 Å². The van der Waals surface area contributed by atoms with E-state index in [1.54, 1.807) is 6.07 Å². The van der Waals surface area contributed by atoms with Gasteiger partial charge in [-0.3, -0.25) is 9.59 Å². The third-order valence-electron chi connectivity index (χ3n) is 3.20. The maximum Gasteiger partial charge on any atom is 0.258 e. The summed E-state index contributed by atoms with van der Waals surface area (Å²) in [6.45, 7) is 0.308. The van der Waals surface area contributed by atoms with Crippen molar-refractivity contribution >= 4 is 12.3 Å². The zero-order chi connectivity index (χ0) is 15.6. The second kappa shape index (κ2) is 5.83. The van der Waals surface area contributed by atoms with E-state index < -0.39 is 35.0 Å². The van der Waals surface area contributed by atoms with Crippen molar-refractivity contribution in [2.75, 3.05) is 13.1 Å². The van der Waals surface area contributed by atoms with Crippen LogP contribution in [0.5, 0.6) is 0 Å². The van der Waals surface area contributed by atoms with E-state index >= 15 is 0 Å². The Balaban J connectivity index is 2.32. The first-order valence-electron chi connectivity index (χ1n) is 6.08. The number of fused-ring (bicyclic) bond motifs is 1. The number of nitrogens with zero attached hydrogens (tertiary/aromatic N) is 2. The molecule has 1 heterocycles. The summed E-state index contributed by atoms with van der Waals surface area (Å²) >= 11 is 0. The third-order valence-corrected chi connectivity index (χ3v) is 3.20. The predicted molar refractivity (Wildman–Crippen MR) is 64.4 cm³/mol. The lowest BCUT2D eigenvalue weighted by Gasteiger charge is -2.19. The molecule has 21 heavy (non-hydrogen) atoms. The molecule has 2 rings (SSSR count). The molecule has 2 amide bonds. The van der Waals surface area contributed by atoms with Crippen molar-refractivity contribution in [2.45, 2.75) is 12.5 Å². The number of carbonyl (C=O) groups is 2. The molecular formula is C13H10F3N3O2. The largest absolute Gasteiger partial charge is 0.359 e. The van der Waals surface area contributed by atoms with Gasteiger partial charge in [-0.25, -0.2) is 13.2 Å². The van der Waals surface area contributed by atoms with Gasteiger partial charge < -0.3 is 10.2 Å². The number of rotatable bonds is 5. The smallest absolute Gasteiger partial charge is 0.258 e. The monoisotopic (exact) mass is 297 g/mol. The highest BCUT2D eigenvalue weighted by Crippen LogP contribution is 2.36. The highest BCUT2D eigenvalue weighted by atomic mass is 19.2. The maximum atomic E-state index is 13.7. The van der Waals surface area contributed by atoms with Crippen molar-refractivity contribution < 1.29 is 22.8 Å². The van der Waals surface area contributed by atoms with Gasteiger partial charge in [-0.1, -0.05) is 0 Å². The Morgan fingerprint density at radius 2 is 2.10 bits per heavy atom. The van der Waals surface area contributed by atoms with E-state index in [-0.39, 0.29) is 18.7 Å². The summed E-state index contributed by atoms with van der Waals surface area (Å²) in [7, 11) is 0. The second-order valence-electron chi connectivity index (χ2n) is 4.41. The molecule has 110 valence electrons. The van der Waals surface area contributed by atoms with E-state index in [1.165, 1.54) is 0 Å². The second-order valence-corrected chi connectivity index (χ2v) is 4.41. The molecule has 0 bridgehead atoms. The van der Waals surface area contributed by atoms with Gasteiger partial charge in [0.05, 0.1) is 11.6 Å². The van der Waals surface area contributed by atoms with Crippen LogP contribution in [0.2, 0.25) is 0 Å². The van der Waals surface area contributed by atoms with E-state index in [0.29, 0.717) is 18.9 Å². The molecule has 0 fully saturated rings. The summed E-state index contributed by atoms with van der Waals surface area (Å²) < 4.78 is 40.2. The van der Waals surface area contributed by atoms with Crippen molar-refractivity contribution in [3.63, 3.8) is 0 Å². The van der Waals surface area contributed by atoms with E-state index in [4.69, 9.17) is 5.26 Å². The Morgan fingerprint density at radius 1 is 1.38 bits per heavy atom. The van der Waals surface area contributed by atoms with Gasteiger partial charge in [-0.05, 0) is 12.5 Å². The van der Waals surface area contributed by atoms with Crippen LogP contribution in [0.1, 0.15) is 28.4 Å². The molecule has 1 aromatic rings. The fourth-order valence-corrected chi connectivity index (χ4v) is 2.26. The fourth-order valence-electron chi connectivity index (χ4n) is 2.26. The molecule has 0 radical (unpaired) electrons. The van der Waals surface area contributed by atoms with E-state index in [0.717, 1.165) is 4.90 Å². The van der Waals surface area contributed by atoms with Gasteiger partial charge in [-0.15, -0.1) is 0 Å². The first kappa shape index (κ1) is 14.8. The van der Waals surface area contributed by atoms with Gasteiger partial charge in [0.2, 0.25) is 6.41 Å². The Hall–Kier alpha value is -2.56. The zero-order valence-electron chi connectivity index (χ0n) is 10.7. The van der Waals surface area contributed by atoms with Gasteiger partial charge in [0, 0.05) is 18.7 Å². The van der Waals surface area contributed by atoms with Crippen molar-refractivity contribution in [3.05, 3.63) is 34.6 Å². The minimum Gasteiger partial charge on any atom is -0.359 e. The van der Waals surface area contributed by atoms with Crippen LogP contribution in [0.25, 0.3) is 0 Å². The number of hydrogen-bond acceptors (Lipinski definition) is 3. The van der Waals surface area contributed by atoms with Gasteiger partial charge in [-0.2, -0.15) is 5.26 Å². The summed E-state index contributed by atoms with van der Waals surface area (Å²) in [6.07, 6.45) is 0.802. The summed E-state index contributed by atoms with van der Waals surface area (Å²) in [5, 5.41) is 11.5. The zero-order valence-corrected chi connectivity index (χ0v) is 10.7. The average Bonchev–Trinajstić information content (AvgIpc) is 2.73. The van der Waals surface area contributed by atoms with Gasteiger partial charge in [0.25, 0.3) is 5.91 Å². The van der Waals surface area contributed by atoms with Crippen LogP contribution in [-0.2, 0) is 4.79 Å². The van der Waals surface area contributed by atoms with Crippen molar-refractivity contribution in [1.29, 1.82) is 5.26 Å². The first-order valence-corrected chi connectivity index (χ1v) is 6.08. The molecule has 1 aliphatic rings. The average molecular weight is 297 g/mol. The predicted octanol–water partition coefficient (Wildman–Crippen LogP) is 1.26. The lowest BCUT2D eigenvalue weighted by atomic mass is 10.0. The van der Waals surface area contributed by atoms with Gasteiger partial charge >= 0.3 is 0 Å². The van der Waals surface area contributed by atoms with E-state index in [9.17, 15) is 22.8 Å². The molecule has 1 unspecified atom stereocenters. The molecule has 0 aromatic heterocycles. The number of amides is 2. The third kappa shape index (κ3) is 2.42. The van der Waals surface area contributed by atoms with Crippen molar-refractivity contribution in [1.82, 2.24) is 10.2 Å². The standard InChI is InChI=1S/C13H10F3N3O2/c14-8-4-7-9(5-17)19(3-1-2-18-6-20)13(21)10(7)12(16)11(8)15/h4,6,9H,1-3H2,(H,18,20). The van der Waals surface area contributed by atoms with Crippen molar-refractivity contribution in [3.8, 4) is 6.07 Å². The molecule has 5 nitrogen and oxygen atoms in total. The minimum absolute atomic E-state index is 0.0509. The van der Waals surface area contributed by atoms with Crippen LogP contribution in [0.3, 0.4) is 0 Å². The highest BCUT2D eigenvalue weighted by molar-refractivity contribution is 6.00. The summed E-state index contributed by atoms with van der Waals surface area (Å²) in [5.41, 5.74) is -0.786. The van der Waals surface area contributed by atoms with Crippen LogP contribution in [0.15, 0.2) is 6.07 Å². The Labute approximate surface area is 118 Å².